The number of nitrogens with zero attached hydrogens (tertiary/aromatic N) is 1. The minimum Gasteiger partial charge on any atom is -0.299 e. The second kappa shape index (κ2) is 6.55. The zero-order chi connectivity index (χ0) is 13.8. The van der Waals surface area contributed by atoms with Gasteiger partial charge in [0.1, 0.15) is 0 Å². The molecule has 1 fully saturated rings. The first kappa shape index (κ1) is 13.8. The second-order valence-electron chi connectivity index (χ2n) is 5.48. The van der Waals surface area contributed by atoms with Gasteiger partial charge in [-0.25, -0.2) is 0 Å². The van der Waals surface area contributed by atoms with E-state index in [1.807, 2.05) is 6.07 Å². The zero-order valence-electron chi connectivity index (χ0n) is 11.6. The van der Waals surface area contributed by atoms with Gasteiger partial charge >= 0.3 is 0 Å². The molecule has 20 heavy (non-hydrogen) atoms. The van der Waals surface area contributed by atoms with Gasteiger partial charge in [-0.2, -0.15) is 0 Å². The molecule has 0 saturated carbocycles. The van der Waals surface area contributed by atoms with Crippen LogP contribution in [0.5, 0.6) is 0 Å². The van der Waals surface area contributed by atoms with E-state index in [0.717, 1.165) is 6.54 Å². The number of rotatable bonds is 3. The summed E-state index contributed by atoms with van der Waals surface area (Å²) >= 11 is 3.67. The van der Waals surface area contributed by atoms with Crippen molar-refractivity contribution in [2.24, 2.45) is 0 Å². The largest absolute Gasteiger partial charge is 0.299 e. The molecule has 0 bridgehead atoms. The van der Waals surface area contributed by atoms with E-state index >= 15 is 0 Å². The molecule has 0 spiro atoms. The quantitative estimate of drug-likeness (QED) is 0.794. The lowest BCUT2D eigenvalue weighted by Crippen LogP contribution is -2.32. The topological polar surface area (TPSA) is 3.24 Å². The zero-order valence-corrected chi connectivity index (χ0v) is 13.1. The summed E-state index contributed by atoms with van der Waals surface area (Å²) in [5.74, 6) is 0.675. The Kier molecular flexibility index (Phi) is 4.54. The summed E-state index contributed by atoms with van der Waals surface area (Å²) in [4.78, 5) is 2.56. The molecule has 1 heterocycles. The minimum absolute atomic E-state index is 0.675. The number of hydrogen-bond acceptors (Lipinski definition) is 1. The van der Waals surface area contributed by atoms with Crippen molar-refractivity contribution in [2.45, 2.75) is 25.3 Å². The number of likely N-dealkylation sites (tertiary alicyclic amines) is 1. The molecule has 0 atom stereocenters. The molecule has 1 aliphatic heterocycles. The monoisotopic (exact) mass is 328 g/mol. The number of piperidine rings is 1. The molecule has 1 saturated heterocycles. The van der Waals surface area contributed by atoms with Gasteiger partial charge in [-0.05, 0) is 61.2 Å². The van der Waals surface area contributed by atoms with Crippen LogP contribution in [0, 0.1) is 6.07 Å². The predicted molar refractivity (Wildman–Crippen MR) is 86.7 cm³/mol. The Hall–Kier alpha value is -1.12. The molecule has 2 aromatic rings. The van der Waals surface area contributed by atoms with E-state index in [4.69, 9.17) is 0 Å². The molecule has 3 rings (SSSR count). The summed E-state index contributed by atoms with van der Waals surface area (Å²) in [6.07, 6.45) is 2.48. The molecule has 0 unspecified atom stereocenters. The fraction of sp³-hybridized carbons (Fsp3) is 0.333. The Morgan fingerprint density at radius 2 is 1.85 bits per heavy atom. The van der Waals surface area contributed by atoms with Crippen LogP contribution in [-0.4, -0.2) is 18.0 Å². The molecule has 2 aromatic carbocycles. The molecular formula is C18H19BrN. The van der Waals surface area contributed by atoms with Gasteiger partial charge in [-0.3, -0.25) is 4.90 Å². The van der Waals surface area contributed by atoms with Gasteiger partial charge in [-0.1, -0.05) is 52.3 Å². The van der Waals surface area contributed by atoms with Gasteiger partial charge in [0.2, 0.25) is 0 Å². The average Bonchev–Trinajstić information content (AvgIpc) is 2.50. The lowest BCUT2D eigenvalue weighted by molar-refractivity contribution is 0.204. The molecule has 0 N–H and O–H groups in total. The van der Waals surface area contributed by atoms with Gasteiger partial charge in [0.15, 0.2) is 0 Å². The Bertz CT molecular complexity index is 544. The third kappa shape index (κ3) is 3.31. The number of hydrogen-bond donors (Lipinski definition) is 0. The molecule has 0 amide bonds. The van der Waals surface area contributed by atoms with Crippen LogP contribution in [0.15, 0.2) is 53.0 Å². The highest BCUT2D eigenvalue weighted by molar-refractivity contribution is 9.10. The average molecular weight is 329 g/mol. The summed E-state index contributed by atoms with van der Waals surface area (Å²) in [5, 5.41) is 0. The van der Waals surface area contributed by atoms with Crippen molar-refractivity contribution in [1.82, 2.24) is 4.90 Å². The van der Waals surface area contributed by atoms with E-state index in [1.54, 1.807) is 0 Å². The molecule has 0 aromatic heterocycles. The molecule has 1 radical (unpaired) electrons. The van der Waals surface area contributed by atoms with Crippen LogP contribution >= 0.6 is 15.9 Å². The van der Waals surface area contributed by atoms with Crippen molar-refractivity contribution >= 4 is 15.9 Å². The van der Waals surface area contributed by atoms with Gasteiger partial charge in [0.05, 0.1) is 0 Å². The first-order valence-corrected chi connectivity index (χ1v) is 8.04. The maximum atomic E-state index is 3.67. The van der Waals surface area contributed by atoms with Crippen LogP contribution in [0.25, 0.3) is 0 Å². The van der Waals surface area contributed by atoms with Crippen LogP contribution < -0.4 is 0 Å². The fourth-order valence-electron chi connectivity index (χ4n) is 2.98. The molecular weight excluding hydrogens is 310 g/mol. The maximum absolute atomic E-state index is 3.67. The van der Waals surface area contributed by atoms with E-state index in [0.29, 0.717) is 5.92 Å². The van der Waals surface area contributed by atoms with E-state index in [2.05, 4.69) is 69.4 Å². The Morgan fingerprint density at radius 1 is 1.10 bits per heavy atom. The minimum atomic E-state index is 0.675. The van der Waals surface area contributed by atoms with Crippen molar-refractivity contribution in [1.29, 1.82) is 0 Å². The maximum Gasteiger partial charge on any atom is 0.0233 e. The van der Waals surface area contributed by atoms with E-state index in [9.17, 15) is 0 Å². The first-order valence-electron chi connectivity index (χ1n) is 7.25. The van der Waals surface area contributed by atoms with Gasteiger partial charge in [-0.15, -0.1) is 0 Å². The van der Waals surface area contributed by atoms with E-state index in [1.165, 1.54) is 41.5 Å². The standard InChI is InChI=1S/C18H19BrN/c19-18-9-5-4-8-17(18)16-10-12-20(13-11-16)14-15-6-2-1-3-7-15/h1-3,5-9,16H,10-14H2. The summed E-state index contributed by atoms with van der Waals surface area (Å²) in [5.41, 5.74) is 2.84. The molecule has 2 heteroatoms. The van der Waals surface area contributed by atoms with Crippen LogP contribution in [0.2, 0.25) is 0 Å². The second-order valence-corrected chi connectivity index (χ2v) is 6.34. The highest BCUT2D eigenvalue weighted by Crippen LogP contribution is 2.32. The Balaban J connectivity index is 1.59. The summed E-state index contributed by atoms with van der Waals surface area (Å²) < 4.78 is 1.23. The molecule has 1 nitrogen and oxygen atoms in total. The smallest absolute Gasteiger partial charge is 0.0233 e. The third-order valence-electron chi connectivity index (χ3n) is 4.12. The SMILES string of the molecule is Brc1cc[c]cc1C1CCN(Cc2ccccc2)CC1. The highest BCUT2D eigenvalue weighted by atomic mass is 79.9. The van der Waals surface area contributed by atoms with Crippen molar-refractivity contribution in [3.63, 3.8) is 0 Å². The summed E-state index contributed by atoms with van der Waals surface area (Å²) in [6, 6.07) is 20.2. The lowest BCUT2D eigenvalue weighted by atomic mass is 9.89. The van der Waals surface area contributed by atoms with Crippen LogP contribution in [0.1, 0.15) is 29.9 Å². The van der Waals surface area contributed by atoms with E-state index < -0.39 is 0 Å². The van der Waals surface area contributed by atoms with Crippen molar-refractivity contribution in [3.05, 3.63) is 70.2 Å². The molecule has 103 valence electrons. The van der Waals surface area contributed by atoms with Gasteiger partial charge in [0, 0.05) is 11.0 Å². The normalized spacial score (nSPS) is 17.2. The Morgan fingerprint density at radius 3 is 2.55 bits per heavy atom. The number of benzene rings is 2. The summed E-state index contributed by atoms with van der Waals surface area (Å²) in [7, 11) is 0. The van der Waals surface area contributed by atoms with Crippen LogP contribution in [0.4, 0.5) is 0 Å². The van der Waals surface area contributed by atoms with Crippen LogP contribution in [0.3, 0.4) is 0 Å². The molecule has 1 aliphatic rings. The first-order chi connectivity index (χ1) is 9.83. The fourth-order valence-corrected chi connectivity index (χ4v) is 3.55. The Labute approximate surface area is 129 Å². The van der Waals surface area contributed by atoms with Crippen molar-refractivity contribution in [2.75, 3.05) is 13.1 Å². The predicted octanol–water partition coefficient (Wildman–Crippen LogP) is 4.63. The lowest BCUT2D eigenvalue weighted by Gasteiger charge is -2.32. The van der Waals surface area contributed by atoms with Gasteiger partial charge in [0.25, 0.3) is 0 Å². The molecule has 0 aliphatic carbocycles. The van der Waals surface area contributed by atoms with Gasteiger partial charge < -0.3 is 0 Å². The van der Waals surface area contributed by atoms with Crippen molar-refractivity contribution in [3.8, 4) is 0 Å². The summed E-state index contributed by atoms with van der Waals surface area (Å²) in [6.45, 7) is 3.44. The third-order valence-corrected chi connectivity index (χ3v) is 4.84. The number of halogens is 1. The highest BCUT2D eigenvalue weighted by Gasteiger charge is 2.21. The van der Waals surface area contributed by atoms with Crippen LogP contribution in [-0.2, 0) is 6.54 Å². The van der Waals surface area contributed by atoms with E-state index in [-0.39, 0.29) is 0 Å². The van der Waals surface area contributed by atoms with Crippen molar-refractivity contribution < 1.29 is 0 Å².